The third kappa shape index (κ3) is 3.71. The van der Waals surface area contributed by atoms with Gasteiger partial charge in [-0.3, -0.25) is 4.79 Å². The van der Waals surface area contributed by atoms with E-state index in [-0.39, 0.29) is 11.6 Å². The summed E-state index contributed by atoms with van der Waals surface area (Å²) in [6, 6.07) is 0.154. The Morgan fingerprint density at radius 3 is 3.12 bits per heavy atom. The highest BCUT2D eigenvalue weighted by atomic mass is 32.1. The van der Waals surface area contributed by atoms with Gasteiger partial charge in [-0.05, 0) is 44.6 Å². The zero-order valence-corrected chi connectivity index (χ0v) is 15.7. The number of H-pyrrole nitrogens is 1. The van der Waals surface area contributed by atoms with E-state index in [1.807, 2.05) is 6.92 Å². The number of nitrogens with zero attached hydrogens (tertiary/aromatic N) is 1. The number of ether oxygens (including phenoxy) is 1. The lowest BCUT2D eigenvalue weighted by molar-refractivity contribution is -0.694. The van der Waals surface area contributed by atoms with Gasteiger partial charge in [0, 0.05) is 17.9 Å². The van der Waals surface area contributed by atoms with E-state index in [1.54, 1.807) is 11.3 Å². The van der Waals surface area contributed by atoms with Crippen molar-refractivity contribution in [2.75, 3.05) is 19.8 Å². The highest BCUT2D eigenvalue weighted by Gasteiger charge is 2.24. The van der Waals surface area contributed by atoms with Crippen LogP contribution in [0.25, 0.3) is 10.2 Å². The minimum absolute atomic E-state index is 0.0385. The van der Waals surface area contributed by atoms with Crippen LogP contribution in [-0.4, -0.2) is 29.7 Å². The molecule has 3 N–H and O–H groups in total. The van der Waals surface area contributed by atoms with Gasteiger partial charge in [0.15, 0.2) is 5.82 Å². The van der Waals surface area contributed by atoms with Gasteiger partial charge < -0.3 is 15.0 Å². The van der Waals surface area contributed by atoms with E-state index in [9.17, 15) is 4.79 Å². The second-order valence-electron chi connectivity index (χ2n) is 6.85. The van der Waals surface area contributed by atoms with Crippen LogP contribution in [0.15, 0.2) is 4.79 Å². The number of quaternary nitrogens is 1. The molecule has 0 saturated carbocycles. The zero-order chi connectivity index (χ0) is 17.1. The number of nitrogens with one attached hydrogen (secondary N) is 1. The van der Waals surface area contributed by atoms with Crippen molar-refractivity contribution in [3.8, 4) is 0 Å². The number of nitrogens with two attached hydrogens (primary N) is 1. The molecule has 1 aliphatic rings. The quantitative estimate of drug-likeness (QED) is 0.752. The number of aromatic nitrogens is 2. The van der Waals surface area contributed by atoms with E-state index in [0.717, 1.165) is 55.1 Å². The van der Waals surface area contributed by atoms with Gasteiger partial charge >= 0.3 is 0 Å². The summed E-state index contributed by atoms with van der Waals surface area (Å²) >= 11 is 1.72. The summed E-state index contributed by atoms with van der Waals surface area (Å²) in [6.45, 7) is 8.93. The van der Waals surface area contributed by atoms with Gasteiger partial charge in [0.05, 0.1) is 18.5 Å². The molecule has 2 aromatic rings. The van der Waals surface area contributed by atoms with Gasteiger partial charge in [0.2, 0.25) is 0 Å². The molecule has 0 spiro atoms. The maximum Gasteiger partial charge on any atom is 0.260 e. The average Bonchev–Trinajstić information content (AvgIpc) is 2.92. The van der Waals surface area contributed by atoms with Crippen molar-refractivity contribution in [2.24, 2.45) is 5.92 Å². The number of aryl methyl sites for hydroxylation is 1. The van der Waals surface area contributed by atoms with Crippen LogP contribution in [0.2, 0.25) is 0 Å². The van der Waals surface area contributed by atoms with Crippen LogP contribution in [0, 0.1) is 5.92 Å². The number of aromatic amines is 1. The molecule has 132 valence electrons. The Hall–Kier alpha value is -1.24. The third-order valence-electron chi connectivity index (χ3n) is 4.83. The van der Waals surface area contributed by atoms with Gasteiger partial charge in [0.25, 0.3) is 5.56 Å². The van der Waals surface area contributed by atoms with Gasteiger partial charge in [0.1, 0.15) is 10.9 Å². The topological polar surface area (TPSA) is 71.6 Å². The molecule has 2 atom stereocenters. The minimum Gasteiger partial charge on any atom is -0.382 e. The minimum atomic E-state index is 0.0385. The second-order valence-corrected chi connectivity index (χ2v) is 7.93. The van der Waals surface area contributed by atoms with Crippen molar-refractivity contribution in [3.63, 3.8) is 0 Å². The van der Waals surface area contributed by atoms with Crippen LogP contribution in [0.5, 0.6) is 0 Å². The molecule has 0 unspecified atom stereocenters. The van der Waals surface area contributed by atoms with Crippen molar-refractivity contribution in [1.82, 2.24) is 9.97 Å². The maximum absolute atomic E-state index is 12.6. The molecule has 0 amide bonds. The predicted octanol–water partition coefficient (Wildman–Crippen LogP) is 2.16. The molecular formula is C18H28N3O2S+. The monoisotopic (exact) mass is 350 g/mol. The van der Waals surface area contributed by atoms with Crippen molar-refractivity contribution in [3.05, 3.63) is 26.6 Å². The first kappa shape index (κ1) is 17.6. The number of thiophene rings is 1. The number of fused-ring (bicyclic) bond motifs is 3. The van der Waals surface area contributed by atoms with Crippen LogP contribution in [-0.2, 0) is 17.6 Å². The summed E-state index contributed by atoms with van der Waals surface area (Å²) in [6.07, 6.45) is 4.28. The molecule has 0 aliphatic heterocycles. The molecule has 0 fully saturated rings. The number of hydrogen-bond donors (Lipinski definition) is 2. The van der Waals surface area contributed by atoms with Crippen molar-refractivity contribution < 1.29 is 10.1 Å². The lowest BCUT2D eigenvalue weighted by Gasteiger charge is -2.17. The van der Waals surface area contributed by atoms with Crippen molar-refractivity contribution in [1.29, 1.82) is 0 Å². The van der Waals surface area contributed by atoms with Crippen LogP contribution in [0.4, 0.5) is 0 Å². The van der Waals surface area contributed by atoms with E-state index in [2.05, 4.69) is 24.1 Å². The highest BCUT2D eigenvalue weighted by molar-refractivity contribution is 7.18. The standard InChI is InChI=1S/C18H27N3O2S/c1-4-23-9-5-8-19-12(3)16-20-17(22)15-13-7-6-11(2)10-14(13)24-18(15)21-16/h11-12,19H,4-10H2,1-3H3,(H,20,21,22)/p+1/t11-,12+/m0/s1. The molecule has 0 saturated heterocycles. The third-order valence-corrected chi connectivity index (χ3v) is 5.98. The van der Waals surface area contributed by atoms with E-state index in [4.69, 9.17) is 9.72 Å². The number of hydrogen-bond acceptors (Lipinski definition) is 4. The molecular weight excluding hydrogens is 322 g/mol. The fourth-order valence-electron chi connectivity index (χ4n) is 3.39. The largest absolute Gasteiger partial charge is 0.382 e. The van der Waals surface area contributed by atoms with E-state index >= 15 is 0 Å². The Bertz CT molecular complexity index is 753. The fraction of sp³-hybridized carbons (Fsp3) is 0.667. The van der Waals surface area contributed by atoms with Crippen LogP contribution < -0.4 is 10.9 Å². The summed E-state index contributed by atoms with van der Waals surface area (Å²) in [5, 5.41) is 3.06. The lowest BCUT2D eigenvalue weighted by atomic mass is 9.89. The summed E-state index contributed by atoms with van der Waals surface area (Å²) in [5.74, 6) is 1.50. The first-order valence-corrected chi connectivity index (χ1v) is 9.87. The second kappa shape index (κ2) is 7.76. The Morgan fingerprint density at radius 1 is 1.50 bits per heavy atom. The summed E-state index contributed by atoms with van der Waals surface area (Å²) in [7, 11) is 0. The van der Waals surface area contributed by atoms with Gasteiger partial charge in [-0.15, -0.1) is 11.3 Å². The van der Waals surface area contributed by atoms with Crippen molar-refractivity contribution >= 4 is 21.6 Å². The molecule has 0 aromatic carbocycles. The van der Waals surface area contributed by atoms with E-state index < -0.39 is 0 Å². The number of rotatable bonds is 7. The SMILES string of the molecule is CCOCCC[NH2+][C@H](C)c1nc2sc3c(c2c(=O)[nH]1)CC[C@H](C)C3. The molecule has 5 nitrogen and oxygen atoms in total. The van der Waals surface area contributed by atoms with Crippen LogP contribution >= 0.6 is 11.3 Å². The molecule has 3 rings (SSSR count). The smallest absolute Gasteiger partial charge is 0.260 e. The normalized spacial score (nSPS) is 18.7. The van der Waals surface area contributed by atoms with Gasteiger partial charge in [-0.2, -0.15) is 0 Å². The van der Waals surface area contributed by atoms with E-state index in [1.165, 1.54) is 16.9 Å². The van der Waals surface area contributed by atoms with Crippen LogP contribution in [0.1, 0.15) is 55.9 Å². The Morgan fingerprint density at radius 2 is 2.33 bits per heavy atom. The summed E-state index contributed by atoms with van der Waals surface area (Å²) in [4.78, 5) is 22.7. The van der Waals surface area contributed by atoms with Gasteiger partial charge in [-0.1, -0.05) is 6.92 Å². The lowest BCUT2D eigenvalue weighted by Crippen LogP contribution is -2.85. The first-order valence-electron chi connectivity index (χ1n) is 9.05. The molecule has 6 heteroatoms. The molecule has 2 aromatic heterocycles. The Labute approximate surface area is 146 Å². The molecule has 1 aliphatic carbocycles. The first-order chi connectivity index (χ1) is 11.6. The predicted molar refractivity (Wildman–Crippen MR) is 97.7 cm³/mol. The average molecular weight is 351 g/mol. The maximum atomic E-state index is 12.6. The molecule has 24 heavy (non-hydrogen) atoms. The Kier molecular flexibility index (Phi) is 5.69. The summed E-state index contributed by atoms with van der Waals surface area (Å²) in [5.41, 5.74) is 1.29. The summed E-state index contributed by atoms with van der Waals surface area (Å²) < 4.78 is 5.36. The molecule has 2 heterocycles. The van der Waals surface area contributed by atoms with Crippen LogP contribution in [0.3, 0.4) is 0 Å². The van der Waals surface area contributed by atoms with Gasteiger partial charge in [-0.25, -0.2) is 4.98 Å². The molecule has 0 radical (unpaired) electrons. The Balaban J connectivity index is 1.77. The van der Waals surface area contributed by atoms with E-state index in [0.29, 0.717) is 5.92 Å². The zero-order valence-electron chi connectivity index (χ0n) is 14.9. The highest BCUT2D eigenvalue weighted by Crippen LogP contribution is 2.35. The fourth-order valence-corrected chi connectivity index (χ4v) is 4.78. The molecule has 0 bridgehead atoms. The van der Waals surface area contributed by atoms with Crippen molar-refractivity contribution in [2.45, 2.75) is 52.5 Å².